The Morgan fingerprint density at radius 1 is 1.13 bits per heavy atom. The molecule has 1 saturated heterocycles. The van der Waals surface area contributed by atoms with Crippen LogP contribution in [-0.2, 0) is 4.79 Å². The minimum atomic E-state index is -3.17. The molecule has 1 aromatic carbocycles. The van der Waals surface area contributed by atoms with Crippen LogP contribution in [0.1, 0.15) is 36.2 Å². The van der Waals surface area contributed by atoms with Gasteiger partial charge in [-0.1, -0.05) is 6.07 Å². The Morgan fingerprint density at radius 2 is 1.87 bits per heavy atom. The summed E-state index contributed by atoms with van der Waals surface area (Å²) in [4.78, 5) is 30.5. The quantitative estimate of drug-likeness (QED) is 0.769. The summed E-state index contributed by atoms with van der Waals surface area (Å²) < 4.78 is 56.3. The largest absolute Gasteiger partial charge is 0.348 e. The number of halogens is 4. The number of amides is 2. The lowest BCUT2D eigenvalue weighted by Crippen LogP contribution is -2.52. The van der Waals surface area contributed by atoms with Gasteiger partial charge >= 0.3 is 0 Å². The molecule has 158 valence electrons. The first kappa shape index (κ1) is 20.3. The summed E-state index contributed by atoms with van der Waals surface area (Å²) in [7, 11) is 0. The summed E-state index contributed by atoms with van der Waals surface area (Å²) in [5, 5.41) is 2.56. The topological polar surface area (TPSA) is 62.3 Å². The third-order valence-electron chi connectivity index (χ3n) is 5.68. The first-order chi connectivity index (χ1) is 14.2. The number of carbonyl (C=O) groups is 2. The fourth-order valence-electron chi connectivity index (χ4n) is 4.52. The Bertz CT molecular complexity index is 965. The zero-order chi connectivity index (χ0) is 21.5. The Labute approximate surface area is 170 Å². The lowest BCUT2D eigenvalue weighted by molar-refractivity contribution is -0.140. The Hall–Kier alpha value is -2.97. The number of aromatic nitrogens is 1. The number of carbonyl (C=O) groups excluding carboxylic acids is 2. The standard InChI is InChI=1S/C21H19F4N3O2/c22-13-7-14(23)9-16(8-13)28-6-4-20(19(28)30)10-15(11-21(24,25)12-20)27-18(29)17-3-1-2-5-26-17/h1-3,5,7-9,15H,4,6,10-12H2,(H,27,29). The van der Waals surface area contributed by atoms with E-state index in [0.717, 1.165) is 17.0 Å². The summed E-state index contributed by atoms with van der Waals surface area (Å²) >= 11 is 0. The van der Waals surface area contributed by atoms with Crippen LogP contribution in [0.2, 0.25) is 0 Å². The average molecular weight is 421 g/mol. The Morgan fingerprint density at radius 3 is 2.53 bits per heavy atom. The molecule has 2 aliphatic rings. The van der Waals surface area contributed by atoms with Crippen LogP contribution < -0.4 is 10.2 Å². The van der Waals surface area contributed by atoms with E-state index in [-0.39, 0.29) is 30.8 Å². The van der Waals surface area contributed by atoms with Crippen molar-refractivity contribution in [2.24, 2.45) is 5.41 Å². The number of benzene rings is 1. The van der Waals surface area contributed by atoms with Gasteiger partial charge in [-0.25, -0.2) is 17.6 Å². The molecule has 2 unspecified atom stereocenters. The summed E-state index contributed by atoms with van der Waals surface area (Å²) in [6, 6.07) is 6.45. The fraction of sp³-hybridized carbons (Fsp3) is 0.381. The maximum absolute atomic E-state index is 14.6. The highest BCUT2D eigenvalue weighted by Gasteiger charge is 2.57. The molecule has 2 atom stereocenters. The fourth-order valence-corrected chi connectivity index (χ4v) is 4.52. The van der Waals surface area contributed by atoms with E-state index in [9.17, 15) is 27.2 Å². The molecule has 30 heavy (non-hydrogen) atoms. The van der Waals surface area contributed by atoms with Gasteiger partial charge in [0.25, 0.3) is 11.8 Å². The second kappa shape index (κ2) is 7.37. The number of alkyl halides is 2. The van der Waals surface area contributed by atoms with Gasteiger partial charge in [0.05, 0.1) is 5.41 Å². The van der Waals surface area contributed by atoms with E-state index in [1.54, 1.807) is 12.1 Å². The van der Waals surface area contributed by atoms with Crippen molar-refractivity contribution in [3.8, 4) is 0 Å². The second-order valence-corrected chi connectivity index (χ2v) is 7.94. The molecule has 0 radical (unpaired) electrons. The predicted molar refractivity (Wildman–Crippen MR) is 100 cm³/mol. The normalized spacial score (nSPS) is 25.5. The first-order valence-corrected chi connectivity index (χ1v) is 9.55. The van der Waals surface area contributed by atoms with Gasteiger partial charge in [-0.2, -0.15) is 0 Å². The van der Waals surface area contributed by atoms with Crippen molar-refractivity contribution >= 4 is 17.5 Å². The zero-order valence-electron chi connectivity index (χ0n) is 15.9. The van der Waals surface area contributed by atoms with E-state index in [1.807, 2.05) is 0 Å². The highest BCUT2D eigenvalue weighted by Crippen LogP contribution is 2.51. The average Bonchev–Trinajstić information content (AvgIpc) is 2.95. The van der Waals surface area contributed by atoms with Crippen LogP contribution in [0.4, 0.5) is 23.2 Å². The van der Waals surface area contributed by atoms with Gasteiger partial charge in [-0.3, -0.25) is 14.6 Å². The third-order valence-corrected chi connectivity index (χ3v) is 5.68. The van der Waals surface area contributed by atoms with Crippen molar-refractivity contribution in [2.75, 3.05) is 11.4 Å². The minimum absolute atomic E-state index is 0.00247. The molecule has 5 nitrogen and oxygen atoms in total. The molecule has 0 bridgehead atoms. The molecule has 1 spiro atoms. The summed E-state index contributed by atoms with van der Waals surface area (Å²) in [6.45, 7) is 0.0682. The van der Waals surface area contributed by atoms with Crippen LogP contribution in [0.3, 0.4) is 0 Å². The van der Waals surface area contributed by atoms with Gasteiger partial charge in [-0.05, 0) is 37.1 Å². The zero-order valence-corrected chi connectivity index (χ0v) is 15.9. The van der Waals surface area contributed by atoms with Crippen LogP contribution in [0.15, 0.2) is 42.6 Å². The van der Waals surface area contributed by atoms with Gasteiger partial charge in [0.1, 0.15) is 17.3 Å². The van der Waals surface area contributed by atoms with E-state index < -0.39 is 53.7 Å². The van der Waals surface area contributed by atoms with E-state index >= 15 is 0 Å². The number of hydrogen-bond acceptors (Lipinski definition) is 3. The molecule has 2 fully saturated rings. The summed E-state index contributed by atoms with van der Waals surface area (Å²) in [5.41, 5.74) is -1.32. The molecule has 9 heteroatoms. The van der Waals surface area contributed by atoms with Crippen molar-refractivity contribution in [1.29, 1.82) is 0 Å². The maximum atomic E-state index is 14.6. The highest BCUT2D eigenvalue weighted by atomic mass is 19.3. The molecule has 2 amide bonds. The summed E-state index contributed by atoms with van der Waals surface area (Å²) in [5.74, 6) is -6.08. The number of hydrogen-bond donors (Lipinski definition) is 1. The minimum Gasteiger partial charge on any atom is -0.348 e. The van der Waals surface area contributed by atoms with Gasteiger partial charge in [0.15, 0.2) is 0 Å². The number of pyridine rings is 1. The van der Waals surface area contributed by atoms with Crippen molar-refractivity contribution in [3.63, 3.8) is 0 Å². The smallest absolute Gasteiger partial charge is 0.270 e. The molecular formula is C21H19F4N3O2. The van der Waals surface area contributed by atoms with Crippen molar-refractivity contribution in [2.45, 2.75) is 37.6 Å². The van der Waals surface area contributed by atoms with Gasteiger partial charge in [-0.15, -0.1) is 0 Å². The molecule has 1 aromatic heterocycles. The van der Waals surface area contributed by atoms with Crippen LogP contribution in [0, 0.1) is 17.0 Å². The van der Waals surface area contributed by atoms with Gasteiger partial charge in [0.2, 0.25) is 5.91 Å². The molecule has 1 aliphatic carbocycles. The maximum Gasteiger partial charge on any atom is 0.270 e. The van der Waals surface area contributed by atoms with Crippen molar-refractivity contribution < 1.29 is 27.2 Å². The number of nitrogens with one attached hydrogen (secondary N) is 1. The van der Waals surface area contributed by atoms with Crippen molar-refractivity contribution in [3.05, 3.63) is 59.9 Å². The summed E-state index contributed by atoms with van der Waals surface area (Å²) in [6.07, 6.45) is 0.296. The highest BCUT2D eigenvalue weighted by molar-refractivity contribution is 6.00. The second-order valence-electron chi connectivity index (χ2n) is 7.94. The van der Waals surface area contributed by atoms with Gasteiger partial charge < -0.3 is 10.2 Å². The molecule has 2 heterocycles. The monoisotopic (exact) mass is 421 g/mol. The number of anilines is 1. The third kappa shape index (κ3) is 3.88. The van der Waals surface area contributed by atoms with Crippen LogP contribution >= 0.6 is 0 Å². The predicted octanol–water partition coefficient (Wildman–Crippen LogP) is 3.70. The lowest BCUT2D eigenvalue weighted by Gasteiger charge is -2.41. The lowest BCUT2D eigenvalue weighted by atomic mass is 9.69. The Kier molecular flexibility index (Phi) is 4.99. The first-order valence-electron chi connectivity index (χ1n) is 9.55. The Balaban J connectivity index is 1.57. The molecular weight excluding hydrogens is 402 g/mol. The molecule has 1 saturated carbocycles. The van der Waals surface area contributed by atoms with Crippen LogP contribution in [-0.4, -0.2) is 35.3 Å². The van der Waals surface area contributed by atoms with E-state index in [0.29, 0.717) is 6.07 Å². The van der Waals surface area contributed by atoms with Crippen molar-refractivity contribution in [1.82, 2.24) is 10.3 Å². The SMILES string of the molecule is O=C(NC1CC(F)(F)CC2(CCN(c3cc(F)cc(F)c3)C2=O)C1)c1ccccn1. The molecule has 2 aromatic rings. The number of rotatable bonds is 3. The van der Waals surface area contributed by atoms with Crippen LogP contribution in [0.25, 0.3) is 0 Å². The molecule has 1 N–H and O–H groups in total. The molecule has 1 aliphatic heterocycles. The van der Waals surface area contributed by atoms with E-state index in [1.165, 1.54) is 12.3 Å². The number of nitrogens with zero attached hydrogens (tertiary/aromatic N) is 2. The van der Waals surface area contributed by atoms with Gasteiger partial charge in [0, 0.05) is 43.4 Å². The van der Waals surface area contributed by atoms with Crippen LogP contribution in [0.5, 0.6) is 0 Å². The van der Waals surface area contributed by atoms with E-state index in [4.69, 9.17) is 0 Å². The molecule has 4 rings (SSSR count). The van der Waals surface area contributed by atoms with E-state index in [2.05, 4.69) is 10.3 Å².